The first-order valence-corrected chi connectivity index (χ1v) is 6.30. The van der Waals surface area contributed by atoms with Gasteiger partial charge in [-0.2, -0.15) is 0 Å². The molecule has 0 rings (SSSR count). The van der Waals surface area contributed by atoms with Crippen molar-refractivity contribution in [1.82, 2.24) is 10.2 Å². The minimum atomic E-state index is -0.899. The van der Waals surface area contributed by atoms with E-state index in [9.17, 15) is 9.59 Å². The molecule has 1 unspecified atom stereocenters. The number of amides is 2. The molecule has 106 valence electrons. The molecule has 2 amide bonds. The van der Waals surface area contributed by atoms with E-state index >= 15 is 0 Å². The second kappa shape index (κ2) is 8.74. The number of carbonyl (C=O) groups excluding carboxylic acids is 1. The first-order chi connectivity index (χ1) is 8.43. The van der Waals surface area contributed by atoms with E-state index in [0.717, 1.165) is 0 Å². The lowest BCUT2D eigenvalue weighted by atomic mass is 9.96. The number of aliphatic carboxylic acids is 1. The first kappa shape index (κ1) is 16.7. The molecule has 6 heteroatoms. The molecule has 0 radical (unpaired) electrons. The van der Waals surface area contributed by atoms with Gasteiger partial charge in [0.05, 0.1) is 5.92 Å². The van der Waals surface area contributed by atoms with Gasteiger partial charge in [-0.25, -0.2) is 4.79 Å². The fraction of sp³-hybridized carbons (Fsp3) is 0.833. The zero-order valence-electron chi connectivity index (χ0n) is 11.3. The Bertz CT molecular complexity index is 269. The molecule has 0 aliphatic carbocycles. The third-order valence-electron chi connectivity index (χ3n) is 2.85. The Morgan fingerprint density at radius 3 is 2.33 bits per heavy atom. The van der Waals surface area contributed by atoms with E-state index in [-0.39, 0.29) is 25.1 Å². The number of hydrogen-bond donors (Lipinski definition) is 3. The molecule has 0 fully saturated rings. The van der Waals surface area contributed by atoms with Gasteiger partial charge in [-0.3, -0.25) is 4.79 Å². The van der Waals surface area contributed by atoms with Gasteiger partial charge in [0.15, 0.2) is 0 Å². The van der Waals surface area contributed by atoms with E-state index in [1.807, 2.05) is 20.8 Å². The predicted molar refractivity (Wildman–Crippen MR) is 68.3 cm³/mol. The van der Waals surface area contributed by atoms with Gasteiger partial charge in [0, 0.05) is 26.2 Å². The lowest BCUT2D eigenvalue weighted by molar-refractivity contribution is -0.142. The Labute approximate surface area is 108 Å². The molecule has 18 heavy (non-hydrogen) atoms. The minimum absolute atomic E-state index is 0.0321. The highest BCUT2D eigenvalue weighted by molar-refractivity contribution is 5.76. The summed E-state index contributed by atoms with van der Waals surface area (Å²) in [5.41, 5.74) is 0. The molecule has 0 saturated heterocycles. The molecule has 0 saturated carbocycles. The van der Waals surface area contributed by atoms with Crippen molar-refractivity contribution in [3.63, 3.8) is 0 Å². The fourth-order valence-corrected chi connectivity index (χ4v) is 1.58. The predicted octanol–water partition coefficient (Wildman–Crippen LogP) is 0.757. The normalized spacial score (nSPS) is 12.3. The van der Waals surface area contributed by atoms with Crippen LogP contribution >= 0.6 is 0 Å². The maximum Gasteiger partial charge on any atom is 0.317 e. The Morgan fingerprint density at radius 2 is 1.94 bits per heavy atom. The van der Waals surface area contributed by atoms with Gasteiger partial charge in [-0.1, -0.05) is 13.8 Å². The van der Waals surface area contributed by atoms with Crippen molar-refractivity contribution in [1.29, 1.82) is 0 Å². The zero-order chi connectivity index (χ0) is 14.1. The van der Waals surface area contributed by atoms with Crippen LogP contribution in [0.15, 0.2) is 0 Å². The Kier molecular flexibility index (Phi) is 8.11. The lowest BCUT2D eigenvalue weighted by Gasteiger charge is -2.23. The average Bonchev–Trinajstić information content (AvgIpc) is 2.29. The van der Waals surface area contributed by atoms with Gasteiger partial charge in [0.25, 0.3) is 0 Å². The monoisotopic (exact) mass is 260 g/mol. The molecule has 0 aromatic heterocycles. The van der Waals surface area contributed by atoms with E-state index in [1.165, 1.54) is 0 Å². The van der Waals surface area contributed by atoms with E-state index in [2.05, 4.69) is 5.32 Å². The highest BCUT2D eigenvalue weighted by Gasteiger charge is 2.22. The van der Waals surface area contributed by atoms with Crippen LogP contribution in [0, 0.1) is 11.8 Å². The van der Waals surface area contributed by atoms with Crippen molar-refractivity contribution < 1.29 is 19.8 Å². The largest absolute Gasteiger partial charge is 0.481 e. The molecular weight excluding hydrogens is 236 g/mol. The number of nitrogens with one attached hydrogen (secondary N) is 1. The van der Waals surface area contributed by atoms with Gasteiger partial charge < -0.3 is 20.4 Å². The van der Waals surface area contributed by atoms with Crippen molar-refractivity contribution >= 4 is 12.0 Å². The van der Waals surface area contributed by atoms with Crippen LogP contribution in [0.2, 0.25) is 0 Å². The van der Waals surface area contributed by atoms with Crippen molar-refractivity contribution in [3.05, 3.63) is 0 Å². The van der Waals surface area contributed by atoms with Crippen molar-refractivity contribution in [2.45, 2.75) is 27.2 Å². The molecule has 1 atom stereocenters. The topological polar surface area (TPSA) is 89.9 Å². The van der Waals surface area contributed by atoms with Gasteiger partial charge >= 0.3 is 12.0 Å². The third-order valence-corrected chi connectivity index (χ3v) is 2.85. The molecule has 0 aliphatic rings. The van der Waals surface area contributed by atoms with Crippen LogP contribution in [-0.2, 0) is 4.79 Å². The highest BCUT2D eigenvalue weighted by Crippen LogP contribution is 2.09. The summed E-state index contributed by atoms with van der Waals surface area (Å²) < 4.78 is 0. The maximum absolute atomic E-state index is 11.8. The summed E-state index contributed by atoms with van der Waals surface area (Å²) in [7, 11) is 0. The number of nitrogens with zero attached hydrogens (tertiary/aromatic N) is 1. The quantitative estimate of drug-likeness (QED) is 0.601. The van der Waals surface area contributed by atoms with Crippen LogP contribution in [0.3, 0.4) is 0 Å². The summed E-state index contributed by atoms with van der Waals surface area (Å²) in [6.07, 6.45) is 0.522. The van der Waals surface area contributed by atoms with Crippen LogP contribution in [0.4, 0.5) is 4.79 Å². The van der Waals surface area contributed by atoms with Crippen molar-refractivity contribution in [3.8, 4) is 0 Å². The molecule has 0 aromatic carbocycles. The number of carboxylic acid groups (broad SMARTS) is 1. The second-order valence-electron chi connectivity index (χ2n) is 4.53. The highest BCUT2D eigenvalue weighted by atomic mass is 16.4. The van der Waals surface area contributed by atoms with Gasteiger partial charge in [-0.05, 0) is 19.3 Å². The van der Waals surface area contributed by atoms with Crippen LogP contribution < -0.4 is 5.32 Å². The molecule has 3 N–H and O–H groups in total. The van der Waals surface area contributed by atoms with Crippen LogP contribution in [0.25, 0.3) is 0 Å². The molecule has 0 spiro atoms. The molecule has 0 aromatic rings. The molecule has 0 aliphatic heterocycles. The summed E-state index contributed by atoms with van der Waals surface area (Å²) in [6, 6.07) is -0.280. The molecule has 6 nitrogen and oxygen atoms in total. The number of aliphatic hydroxyl groups excluding tert-OH is 1. The molecule has 0 bridgehead atoms. The van der Waals surface area contributed by atoms with Crippen LogP contribution in [0.1, 0.15) is 27.2 Å². The lowest BCUT2D eigenvalue weighted by Crippen LogP contribution is -2.44. The number of carbonyl (C=O) groups is 2. The SMILES string of the molecule is CCN(CCCO)C(=O)NCC(C(=O)O)C(C)C. The Hall–Kier alpha value is -1.30. The van der Waals surface area contributed by atoms with Gasteiger partial charge in [0.1, 0.15) is 0 Å². The summed E-state index contributed by atoms with van der Waals surface area (Å²) in [5, 5.41) is 20.3. The maximum atomic E-state index is 11.8. The minimum Gasteiger partial charge on any atom is -0.481 e. The summed E-state index contributed by atoms with van der Waals surface area (Å²) in [6.45, 7) is 6.63. The Balaban J connectivity index is 4.24. The Morgan fingerprint density at radius 1 is 1.33 bits per heavy atom. The van der Waals surface area contributed by atoms with Crippen LogP contribution in [-0.4, -0.2) is 53.4 Å². The average molecular weight is 260 g/mol. The number of aliphatic hydroxyl groups is 1. The number of urea groups is 1. The number of hydrogen-bond acceptors (Lipinski definition) is 3. The molecular formula is C12H24N2O4. The second-order valence-corrected chi connectivity index (χ2v) is 4.53. The summed E-state index contributed by atoms with van der Waals surface area (Å²) in [4.78, 5) is 24.3. The van der Waals surface area contributed by atoms with E-state index in [0.29, 0.717) is 19.5 Å². The number of rotatable bonds is 8. The van der Waals surface area contributed by atoms with Crippen LogP contribution in [0.5, 0.6) is 0 Å². The fourth-order valence-electron chi connectivity index (χ4n) is 1.58. The number of carboxylic acids is 1. The zero-order valence-corrected chi connectivity index (χ0v) is 11.3. The van der Waals surface area contributed by atoms with E-state index < -0.39 is 11.9 Å². The summed E-state index contributed by atoms with van der Waals surface area (Å²) in [5.74, 6) is -1.51. The summed E-state index contributed by atoms with van der Waals surface area (Å²) >= 11 is 0. The standard InChI is InChI=1S/C12H24N2O4/c1-4-14(6-5-7-15)12(18)13-8-10(9(2)3)11(16)17/h9-10,15H,4-8H2,1-3H3,(H,13,18)(H,16,17). The first-order valence-electron chi connectivity index (χ1n) is 6.30. The third kappa shape index (κ3) is 5.86. The smallest absolute Gasteiger partial charge is 0.317 e. The van der Waals surface area contributed by atoms with E-state index in [4.69, 9.17) is 10.2 Å². The van der Waals surface area contributed by atoms with E-state index in [1.54, 1.807) is 4.90 Å². The van der Waals surface area contributed by atoms with Gasteiger partial charge in [0.2, 0.25) is 0 Å². The van der Waals surface area contributed by atoms with Crippen molar-refractivity contribution in [2.75, 3.05) is 26.2 Å². The van der Waals surface area contributed by atoms with Gasteiger partial charge in [-0.15, -0.1) is 0 Å². The van der Waals surface area contributed by atoms with Crippen molar-refractivity contribution in [2.24, 2.45) is 11.8 Å². The molecule has 0 heterocycles.